The topological polar surface area (TPSA) is 313 Å². The second kappa shape index (κ2) is 19.7. The minimum absolute atomic E-state index is 0.0309. The minimum Gasteiger partial charge on any atom is -0.508 e. The van der Waals surface area contributed by atoms with E-state index in [9.17, 15) is 29.1 Å². The van der Waals surface area contributed by atoms with Crippen molar-refractivity contribution < 1.29 is 29.1 Å². The van der Waals surface area contributed by atoms with Crippen LogP contribution < -0.4 is 50.4 Å². The second-order valence-corrected chi connectivity index (χ2v) is 10.3. The van der Waals surface area contributed by atoms with Gasteiger partial charge < -0.3 is 55.0 Å². The van der Waals surface area contributed by atoms with Crippen LogP contribution >= 0.6 is 0 Å². The van der Waals surface area contributed by atoms with Gasteiger partial charge in [0.05, 0.1) is 0 Å². The zero-order valence-electron chi connectivity index (χ0n) is 25.0. The first-order chi connectivity index (χ1) is 20.7. The molecule has 3 atom stereocenters. The van der Waals surface area contributed by atoms with Gasteiger partial charge >= 0.3 is 0 Å². The van der Waals surface area contributed by atoms with Gasteiger partial charge in [-0.1, -0.05) is 12.1 Å². The molecular weight excluding hydrogens is 574 g/mol. The number of nitrogens with zero attached hydrogens (tertiary/aromatic N) is 2. The molecule has 0 aromatic heterocycles. The number of amides is 5. The van der Waals surface area contributed by atoms with Crippen molar-refractivity contribution in [2.75, 3.05) is 20.1 Å². The molecule has 1 aromatic carbocycles. The quantitative estimate of drug-likeness (QED) is 0.0278. The van der Waals surface area contributed by atoms with Gasteiger partial charge in [-0.25, -0.2) is 0 Å². The summed E-state index contributed by atoms with van der Waals surface area (Å²) in [5.74, 6) is -3.26. The zero-order valence-corrected chi connectivity index (χ0v) is 25.0. The third-order valence-electron chi connectivity index (χ3n) is 6.61. The van der Waals surface area contributed by atoms with Crippen LogP contribution in [0.3, 0.4) is 0 Å². The van der Waals surface area contributed by atoms with Gasteiger partial charge in [-0.05, 0) is 56.3 Å². The van der Waals surface area contributed by atoms with Crippen LogP contribution in [0.5, 0.6) is 5.75 Å². The van der Waals surface area contributed by atoms with E-state index in [2.05, 4.69) is 20.9 Å². The first kappa shape index (κ1) is 37.5. The number of aliphatic imine (C=N–C) groups is 1. The molecule has 246 valence electrons. The van der Waals surface area contributed by atoms with Crippen LogP contribution in [0.25, 0.3) is 0 Å². The Morgan fingerprint density at radius 2 is 1.55 bits per heavy atom. The summed E-state index contributed by atoms with van der Waals surface area (Å²) >= 11 is 0. The molecule has 5 amide bonds. The lowest BCUT2D eigenvalue weighted by Crippen LogP contribution is -2.57. The van der Waals surface area contributed by atoms with E-state index in [1.54, 1.807) is 12.1 Å². The zero-order chi connectivity index (χ0) is 33.2. The number of nitrogens with one attached hydrogen (secondary N) is 3. The monoisotopic (exact) mass is 621 g/mol. The van der Waals surface area contributed by atoms with Crippen LogP contribution in [0.2, 0.25) is 0 Å². The lowest BCUT2D eigenvalue weighted by Gasteiger charge is -2.32. The maximum Gasteiger partial charge on any atom is 0.245 e. The molecule has 0 saturated carbocycles. The van der Waals surface area contributed by atoms with Crippen LogP contribution in [-0.4, -0.2) is 90.1 Å². The van der Waals surface area contributed by atoms with Crippen molar-refractivity contribution in [2.24, 2.45) is 39.4 Å². The number of primary amides is 2. The average molecular weight is 622 g/mol. The van der Waals surface area contributed by atoms with E-state index in [4.69, 9.17) is 34.4 Å². The van der Waals surface area contributed by atoms with E-state index in [0.29, 0.717) is 37.9 Å². The van der Waals surface area contributed by atoms with Gasteiger partial charge in [0, 0.05) is 32.9 Å². The van der Waals surface area contributed by atoms with Gasteiger partial charge in [-0.2, -0.15) is 0 Å². The summed E-state index contributed by atoms with van der Waals surface area (Å²) in [7, 11) is 1.38. The molecule has 0 radical (unpaired) electrons. The van der Waals surface area contributed by atoms with E-state index in [1.807, 2.05) is 0 Å². The summed E-state index contributed by atoms with van der Waals surface area (Å²) in [5.41, 5.74) is 33.1. The number of carbonyl (C=O) groups excluding carboxylic acids is 5. The van der Waals surface area contributed by atoms with Gasteiger partial charge in [-0.15, -0.1) is 0 Å². The fourth-order valence-electron chi connectivity index (χ4n) is 4.24. The van der Waals surface area contributed by atoms with Gasteiger partial charge in [-0.3, -0.25) is 34.3 Å². The molecule has 0 heterocycles. The summed E-state index contributed by atoms with van der Waals surface area (Å²) in [6.07, 6.45) is 0.464. The molecule has 1 aromatic rings. The second-order valence-electron chi connectivity index (χ2n) is 10.3. The van der Waals surface area contributed by atoms with E-state index in [0.717, 1.165) is 4.90 Å². The number of unbranched alkanes of at least 4 members (excludes halogenated alkanes) is 1. The van der Waals surface area contributed by atoms with Crippen LogP contribution in [0.1, 0.15) is 50.5 Å². The van der Waals surface area contributed by atoms with Gasteiger partial charge in [0.1, 0.15) is 30.2 Å². The smallest absolute Gasteiger partial charge is 0.245 e. The number of hydrogen-bond acceptors (Lipinski definition) is 10. The predicted molar refractivity (Wildman–Crippen MR) is 164 cm³/mol. The number of phenols is 1. The van der Waals surface area contributed by atoms with Gasteiger partial charge in [0.25, 0.3) is 0 Å². The fraction of sp³-hybridized carbons (Fsp3) is 0.556. The standard InChI is InChI=1S/C27H47N11O6/c1-38(25(44)18(11-12-21(28)40)36-22(41)6-2-3-13-34-26(30)31)20(5-4-14-35-27(32)33)24(43)37-19(23(29)42)15-16-7-9-17(39)10-8-16/h7-10,18-20,27,35,39H,2-6,11-15,32-33H2,1H3,(H2,28,40)(H2,29,42)(H,36,41)(H,37,43)(H4,30,31,34). The Labute approximate surface area is 256 Å². The lowest BCUT2D eigenvalue weighted by atomic mass is 10.0. The molecular formula is C27H47N11O6. The molecule has 0 saturated heterocycles. The Kier molecular flexibility index (Phi) is 16.8. The minimum atomic E-state index is -1.16. The van der Waals surface area contributed by atoms with Crippen LogP contribution in [0, 0.1) is 0 Å². The number of aromatic hydroxyl groups is 1. The summed E-state index contributed by atoms with van der Waals surface area (Å²) in [4.78, 5) is 68.6. The largest absolute Gasteiger partial charge is 0.508 e. The molecule has 0 aliphatic heterocycles. The van der Waals surface area contributed by atoms with Crippen molar-refractivity contribution in [3.8, 4) is 5.75 Å². The average Bonchev–Trinajstić information content (AvgIpc) is 2.94. The van der Waals surface area contributed by atoms with Crippen molar-refractivity contribution in [1.82, 2.24) is 20.9 Å². The van der Waals surface area contributed by atoms with Crippen molar-refractivity contribution in [3.63, 3.8) is 0 Å². The molecule has 3 unspecified atom stereocenters. The summed E-state index contributed by atoms with van der Waals surface area (Å²) in [6, 6.07) is 2.64. The number of hydrogen-bond donors (Lipinski definition) is 10. The molecule has 0 bridgehead atoms. The third kappa shape index (κ3) is 15.1. The maximum absolute atomic E-state index is 13.6. The van der Waals surface area contributed by atoms with Crippen molar-refractivity contribution in [3.05, 3.63) is 29.8 Å². The maximum atomic E-state index is 13.6. The highest BCUT2D eigenvalue weighted by molar-refractivity contribution is 5.94. The van der Waals surface area contributed by atoms with E-state index in [-0.39, 0.29) is 43.8 Å². The first-order valence-corrected chi connectivity index (χ1v) is 14.2. The number of guanidine groups is 1. The molecule has 17 nitrogen and oxygen atoms in total. The van der Waals surface area contributed by atoms with Gasteiger partial charge in [0.15, 0.2) is 5.96 Å². The van der Waals surface area contributed by atoms with E-state index >= 15 is 0 Å². The molecule has 44 heavy (non-hydrogen) atoms. The number of phenolic OH excluding ortho intramolecular Hbond substituents is 1. The Morgan fingerprint density at radius 3 is 2.11 bits per heavy atom. The normalized spacial score (nSPS) is 12.9. The summed E-state index contributed by atoms with van der Waals surface area (Å²) in [5, 5.41) is 17.6. The summed E-state index contributed by atoms with van der Waals surface area (Å²) in [6.45, 7) is 0.653. The van der Waals surface area contributed by atoms with Gasteiger partial charge in [0.2, 0.25) is 29.5 Å². The third-order valence-corrected chi connectivity index (χ3v) is 6.61. The molecule has 0 aliphatic rings. The Morgan fingerprint density at radius 1 is 0.886 bits per heavy atom. The molecule has 16 N–H and O–H groups in total. The SMILES string of the molecule is CN(C(=O)C(CCC(N)=O)NC(=O)CCCCN=C(N)N)C(CCCNC(N)N)C(=O)NC(Cc1ccc(O)cc1)C(N)=O. The van der Waals surface area contributed by atoms with Crippen molar-refractivity contribution in [2.45, 2.75) is 75.8 Å². The number of rotatable bonds is 21. The number of benzene rings is 1. The number of nitrogens with two attached hydrogens (primary N) is 6. The van der Waals surface area contributed by atoms with Crippen LogP contribution in [0.4, 0.5) is 0 Å². The molecule has 1 rings (SSSR count). The number of carbonyl (C=O) groups is 5. The summed E-state index contributed by atoms with van der Waals surface area (Å²) < 4.78 is 0. The molecule has 0 fully saturated rings. The highest BCUT2D eigenvalue weighted by atomic mass is 16.3. The highest BCUT2D eigenvalue weighted by Gasteiger charge is 2.33. The van der Waals surface area contributed by atoms with E-state index in [1.165, 1.54) is 19.2 Å². The highest BCUT2D eigenvalue weighted by Crippen LogP contribution is 2.14. The lowest BCUT2D eigenvalue weighted by molar-refractivity contribution is -0.143. The molecule has 0 spiro atoms. The Balaban J connectivity index is 3.11. The van der Waals surface area contributed by atoms with Crippen LogP contribution in [-0.2, 0) is 30.4 Å². The predicted octanol–water partition coefficient (Wildman–Crippen LogP) is -3.50. The van der Waals surface area contributed by atoms with E-state index < -0.39 is 54.0 Å². The Hall–Kier alpha value is -4.48. The Bertz CT molecular complexity index is 1130. The molecule has 17 heteroatoms. The number of likely N-dealkylation sites (N-methyl/N-ethyl adjacent to an activating group) is 1. The van der Waals surface area contributed by atoms with Crippen LogP contribution in [0.15, 0.2) is 29.3 Å². The fourth-order valence-corrected chi connectivity index (χ4v) is 4.24. The van der Waals surface area contributed by atoms with Crippen molar-refractivity contribution >= 4 is 35.5 Å². The van der Waals surface area contributed by atoms with Crippen molar-refractivity contribution in [1.29, 1.82) is 0 Å². The molecule has 0 aliphatic carbocycles. The first-order valence-electron chi connectivity index (χ1n) is 14.2.